The van der Waals surface area contributed by atoms with Crippen LogP contribution in [0.4, 0.5) is 0 Å². The lowest BCUT2D eigenvalue weighted by molar-refractivity contribution is -0.870. The Labute approximate surface area is 518 Å². The molecule has 0 saturated heterocycles. The molecule has 9 nitrogen and oxygen atoms in total. The first-order valence-electron chi connectivity index (χ1n) is 34.6. The number of hydrogen-bond donors (Lipinski definition) is 1. The van der Waals surface area contributed by atoms with Gasteiger partial charge in [-0.1, -0.05) is 290 Å². The number of carbonyl (C=O) groups excluding carboxylic acids is 2. The number of ether oxygens (including phenoxy) is 2. The number of unbranched alkanes of at least 4 members (excludes halogenated alkanes) is 31. The summed E-state index contributed by atoms with van der Waals surface area (Å²) in [5.74, 6) is -0.796. The fourth-order valence-corrected chi connectivity index (χ4v) is 10.2. The molecule has 1 N–H and O–H groups in total. The number of phosphoric acid groups is 1. The van der Waals surface area contributed by atoms with Gasteiger partial charge in [0.1, 0.15) is 19.8 Å². The third-order valence-electron chi connectivity index (χ3n) is 14.8. The predicted molar refractivity (Wildman–Crippen MR) is 362 cm³/mol. The normalized spacial score (nSPS) is 13.8. The van der Waals surface area contributed by atoms with Crippen molar-refractivity contribution in [2.24, 2.45) is 0 Å². The molecular formula is C74H131NO8P+. The molecule has 0 fully saturated rings. The van der Waals surface area contributed by atoms with Gasteiger partial charge in [-0.2, -0.15) is 0 Å². The SMILES string of the molecule is CC/C=C\C/C=C\C/C=C\C/C=C\C/C=C\C/C=C\C/C=C\CCCCCCCCCCCCCCCCCCCC(=O)OC(COC(=O)CCCCCCCCCCC/C=C\C/C=C\CCCCCCC)COP(=O)(O)OCC[N+](C)(C)C. The molecule has 2 unspecified atom stereocenters. The van der Waals surface area contributed by atoms with Gasteiger partial charge in [-0.3, -0.25) is 18.6 Å². The molecule has 0 spiro atoms. The number of quaternary nitrogens is 1. The summed E-state index contributed by atoms with van der Waals surface area (Å²) in [6, 6.07) is 0. The largest absolute Gasteiger partial charge is 0.472 e. The zero-order valence-electron chi connectivity index (χ0n) is 55.1. The van der Waals surface area contributed by atoms with Gasteiger partial charge in [0, 0.05) is 12.8 Å². The predicted octanol–water partition coefficient (Wildman–Crippen LogP) is 22.5. The highest BCUT2D eigenvalue weighted by Gasteiger charge is 2.27. The van der Waals surface area contributed by atoms with Crippen LogP contribution in [0.2, 0.25) is 0 Å². The van der Waals surface area contributed by atoms with Crippen LogP contribution in [0, 0.1) is 0 Å². The lowest BCUT2D eigenvalue weighted by Crippen LogP contribution is -2.37. The van der Waals surface area contributed by atoms with Crippen LogP contribution in [-0.4, -0.2) is 74.9 Å². The number of allylic oxidation sites excluding steroid dienone is 18. The average Bonchev–Trinajstić information content (AvgIpc) is 3.61. The van der Waals surface area contributed by atoms with Crippen LogP contribution in [0.5, 0.6) is 0 Å². The van der Waals surface area contributed by atoms with Gasteiger partial charge in [0.2, 0.25) is 0 Å². The molecule has 0 amide bonds. The van der Waals surface area contributed by atoms with E-state index in [0.29, 0.717) is 17.4 Å². The maximum atomic E-state index is 12.9. The first kappa shape index (κ1) is 80.7. The second kappa shape index (κ2) is 64.2. The number of likely N-dealkylation sites (N-methyl/N-ethyl adjacent to an activating group) is 1. The molecule has 0 rings (SSSR count). The fourth-order valence-electron chi connectivity index (χ4n) is 9.50. The van der Waals surface area contributed by atoms with Crippen molar-refractivity contribution in [2.45, 2.75) is 302 Å². The zero-order valence-corrected chi connectivity index (χ0v) is 56.0. The van der Waals surface area contributed by atoms with Gasteiger partial charge >= 0.3 is 19.8 Å². The molecule has 0 aromatic heterocycles. The van der Waals surface area contributed by atoms with E-state index in [2.05, 4.69) is 123 Å². The van der Waals surface area contributed by atoms with E-state index in [9.17, 15) is 19.0 Å². The zero-order chi connectivity index (χ0) is 61.2. The summed E-state index contributed by atoms with van der Waals surface area (Å²) in [6.45, 7) is 4.33. The summed E-state index contributed by atoms with van der Waals surface area (Å²) in [4.78, 5) is 35.8. The second-order valence-electron chi connectivity index (χ2n) is 24.2. The molecule has 0 aromatic carbocycles. The highest BCUT2D eigenvalue weighted by Crippen LogP contribution is 2.43. The van der Waals surface area contributed by atoms with Crippen molar-refractivity contribution in [1.82, 2.24) is 0 Å². The van der Waals surface area contributed by atoms with E-state index in [-0.39, 0.29) is 32.0 Å². The highest BCUT2D eigenvalue weighted by atomic mass is 31.2. The Morgan fingerprint density at radius 3 is 1.01 bits per heavy atom. The smallest absolute Gasteiger partial charge is 0.462 e. The van der Waals surface area contributed by atoms with Gasteiger partial charge in [-0.15, -0.1) is 0 Å². The van der Waals surface area contributed by atoms with Gasteiger partial charge in [-0.25, -0.2) is 4.57 Å². The first-order chi connectivity index (χ1) is 41.0. The van der Waals surface area contributed by atoms with Crippen LogP contribution < -0.4 is 0 Å². The summed E-state index contributed by atoms with van der Waals surface area (Å²) >= 11 is 0. The molecule has 84 heavy (non-hydrogen) atoms. The average molecular weight is 1190 g/mol. The number of nitrogens with zero attached hydrogens (tertiary/aromatic N) is 1. The maximum absolute atomic E-state index is 12.9. The van der Waals surface area contributed by atoms with Crippen molar-refractivity contribution in [3.8, 4) is 0 Å². The van der Waals surface area contributed by atoms with E-state index in [4.69, 9.17) is 18.5 Å². The van der Waals surface area contributed by atoms with Gasteiger partial charge in [-0.05, 0) is 103 Å². The minimum atomic E-state index is -4.40. The third kappa shape index (κ3) is 67.8. The topological polar surface area (TPSA) is 108 Å². The van der Waals surface area contributed by atoms with Crippen molar-refractivity contribution in [3.05, 3.63) is 109 Å². The van der Waals surface area contributed by atoms with Gasteiger partial charge in [0.25, 0.3) is 0 Å². The maximum Gasteiger partial charge on any atom is 0.472 e. The molecule has 0 radical (unpaired) electrons. The van der Waals surface area contributed by atoms with Crippen molar-refractivity contribution in [1.29, 1.82) is 0 Å². The standard InChI is InChI=1S/C74H130NO8P/c1-6-8-10-12-14-16-18-20-22-24-26-28-29-30-31-32-33-34-35-36-37-38-39-40-41-42-43-44-45-47-49-51-53-55-57-59-61-63-65-67-74(77)83-72(71-82-84(78,79)81-69-68-75(3,4)5)70-80-73(76)66-64-62-60-58-56-54-52-50-48-46-27-25-23-21-19-17-15-13-11-9-7-2/h8,10,14,16,19-22,25-28,30-31,33-34,36-37,72H,6-7,9,11-13,15,17-18,23-24,29,32,35,38-71H2,1-5H3/p+1/b10-8-,16-14-,21-19-,22-20-,27-25-,28-26-,31-30-,34-33-,37-36-. The Morgan fingerprint density at radius 2 is 0.679 bits per heavy atom. The van der Waals surface area contributed by atoms with Gasteiger partial charge in [0.15, 0.2) is 6.10 Å². The third-order valence-corrected chi connectivity index (χ3v) is 15.8. The van der Waals surface area contributed by atoms with E-state index >= 15 is 0 Å². The van der Waals surface area contributed by atoms with Crippen molar-refractivity contribution in [2.75, 3.05) is 47.5 Å². The monoisotopic (exact) mass is 1190 g/mol. The van der Waals surface area contributed by atoms with E-state index in [1.165, 1.54) is 173 Å². The van der Waals surface area contributed by atoms with Crippen molar-refractivity contribution < 1.29 is 42.1 Å². The van der Waals surface area contributed by atoms with Crippen LogP contribution in [0.1, 0.15) is 296 Å². The minimum absolute atomic E-state index is 0.0285. The highest BCUT2D eigenvalue weighted by molar-refractivity contribution is 7.47. The summed E-state index contributed by atoms with van der Waals surface area (Å²) in [6.07, 6.45) is 90.4. The number of carbonyl (C=O) groups is 2. The van der Waals surface area contributed by atoms with E-state index < -0.39 is 26.5 Å². The molecule has 484 valence electrons. The van der Waals surface area contributed by atoms with Crippen molar-refractivity contribution >= 4 is 19.8 Å². The van der Waals surface area contributed by atoms with Gasteiger partial charge < -0.3 is 18.9 Å². The molecular weight excluding hydrogens is 1060 g/mol. The number of hydrogen-bond acceptors (Lipinski definition) is 7. The molecule has 0 aliphatic carbocycles. The van der Waals surface area contributed by atoms with E-state index in [1.54, 1.807) is 0 Å². The molecule has 0 bridgehead atoms. The van der Waals surface area contributed by atoms with Gasteiger partial charge in [0.05, 0.1) is 27.7 Å². The number of phosphoric ester groups is 1. The van der Waals surface area contributed by atoms with Crippen LogP contribution in [0.3, 0.4) is 0 Å². The molecule has 0 aliphatic heterocycles. The Morgan fingerprint density at radius 1 is 0.381 bits per heavy atom. The molecule has 2 atom stereocenters. The lowest BCUT2D eigenvalue weighted by atomic mass is 10.0. The van der Waals surface area contributed by atoms with E-state index in [1.807, 2.05) is 21.1 Å². The molecule has 0 aliphatic rings. The Bertz CT molecular complexity index is 1790. The van der Waals surface area contributed by atoms with Crippen LogP contribution in [0.25, 0.3) is 0 Å². The van der Waals surface area contributed by atoms with Crippen molar-refractivity contribution in [3.63, 3.8) is 0 Å². The minimum Gasteiger partial charge on any atom is -0.462 e. The molecule has 10 heteroatoms. The fraction of sp³-hybridized carbons (Fsp3) is 0.730. The van der Waals surface area contributed by atoms with Crippen LogP contribution in [0.15, 0.2) is 109 Å². The number of esters is 2. The van der Waals surface area contributed by atoms with Crippen LogP contribution >= 0.6 is 7.82 Å². The number of rotatable bonds is 63. The summed E-state index contributed by atoms with van der Waals surface area (Å²) in [7, 11) is 1.48. The Kier molecular flexibility index (Phi) is 61.6. The van der Waals surface area contributed by atoms with E-state index in [0.717, 1.165) is 89.9 Å². The molecule has 0 aromatic rings. The summed E-state index contributed by atoms with van der Waals surface area (Å²) < 4.78 is 34.7. The molecule has 0 saturated carbocycles. The summed E-state index contributed by atoms with van der Waals surface area (Å²) in [5.41, 5.74) is 0. The second-order valence-corrected chi connectivity index (χ2v) is 25.6. The molecule has 0 heterocycles. The van der Waals surface area contributed by atoms with Crippen LogP contribution in [-0.2, 0) is 32.7 Å². The first-order valence-corrected chi connectivity index (χ1v) is 36.1. The Hall–Kier alpha value is -3.33. The Balaban J connectivity index is 4.02. The quantitative estimate of drug-likeness (QED) is 0.0211. The summed E-state index contributed by atoms with van der Waals surface area (Å²) in [5, 5.41) is 0. The lowest BCUT2D eigenvalue weighted by Gasteiger charge is -2.24.